The minimum absolute atomic E-state index is 0.0241. The summed E-state index contributed by atoms with van der Waals surface area (Å²) < 4.78 is 0. The molecule has 2 heterocycles. The molecule has 5 heteroatoms. The highest BCUT2D eigenvalue weighted by Gasteiger charge is 2.39. The third-order valence-electron chi connectivity index (χ3n) is 4.75. The van der Waals surface area contributed by atoms with Gasteiger partial charge in [0.25, 0.3) is 0 Å². The lowest BCUT2D eigenvalue weighted by atomic mass is 9.87. The van der Waals surface area contributed by atoms with Crippen LogP contribution in [0.2, 0.25) is 0 Å². The average molecular weight is 342 g/mol. The van der Waals surface area contributed by atoms with Crippen LogP contribution in [0.25, 0.3) is 0 Å². The normalized spacial score (nSPS) is 20.9. The first kappa shape index (κ1) is 16.7. The Morgan fingerprint density at radius 2 is 2.08 bits per heavy atom. The summed E-state index contributed by atoms with van der Waals surface area (Å²) in [7, 11) is 1.80. The van der Waals surface area contributed by atoms with E-state index in [2.05, 4.69) is 5.32 Å². The number of hydrogen-bond donors (Lipinski definition) is 1. The van der Waals surface area contributed by atoms with E-state index in [1.54, 1.807) is 23.3 Å². The number of aryl methyl sites for hydroxylation is 1. The fourth-order valence-electron chi connectivity index (χ4n) is 3.28. The predicted octanol–water partition coefficient (Wildman–Crippen LogP) is 3.28. The second-order valence-corrected chi connectivity index (χ2v) is 7.23. The minimum Gasteiger partial charge on any atom is -0.352 e. The number of amides is 2. The van der Waals surface area contributed by atoms with Crippen molar-refractivity contribution in [3.63, 3.8) is 0 Å². The summed E-state index contributed by atoms with van der Waals surface area (Å²) in [6, 6.07) is 11.9. The molecule has 24 heavy (non-hydrogen) atoms. The zero-order valence-corrected chi connectivity index (χ0v) is 14.8. The number of carbonyl (C=O) groups excluding carboxylic acids is 2. The highest BCUT2D eigenvalue weighted by Crippen LogP contribution is 2.37. The van der Waals surface area contributed by atoms with E-state index in [4.69, 9.17) is 0 Å². The Labute approximate surface area is 146 Å². The van der Waals surface area contributed by atoms with Crippen LogP contribution >= 0.6 is 11.3 Å². The summed E-state index contributed by atoms with van der Waals surface area (Å²) in [6.07, 6.45) is 1.03. The van der Waals surface area contributed by atoms with Gasteiger partial charge in [-0.1, -0.05) is 30.3 Å². The van der Waals surface area contributed by atoms with Crippen LogP contribution in [0.1, 0.15) is 34.9 Å². The number of likely N-dealkylation sites (tertiary alicyclic amines) is 1. The second-order valence-electron chi connectivity index (χ2n) is 6.25. The minimum atomic E-state index is -0.199. The van der Waals surface area contributed by atoms with Gasteiger partial charge in [0.05, 0.1) is 12.0 Å². The monoisotopic (exact) mass is 342 g/mol. The van der Waals surface area contributed by atoms with Crippen molar-refractivity contribution in [2.75, 3.05) is 7.05 Å². The van der Waals surface area contributed by atoms with Gasteiger partial charge in [-0.2, -0.15) is 0 Å². The third-order valence-corrected chi connectivity index (χ3v) is 5.69. The Bertz CT molecular complexity index is 727. The van der Waals surface area contributed by atoms with Gasteiger partial charge in [0.2, 0.25) is 11.8 Å². The molecule has 1 fully saturated rings. The summed E-state index contributed by atoms with van der Waals surface area (Å²) in [6.45, 7) is 2.57. The van der Waals surface area contributed by atoms with E-state index in [1.165, 1.54) is 5.56 Å². The molecule has 1 aromatic heterocycles. The zero-order valence-electron chi connectivity index (χ0n) is 14.0. The van der Waals surface area contributed by atoms with Crippen LogP contribution in [0, 0.1) is 12.8 Å². The number of benzene rings is 1. The van der Waals surface area contributed by atoms with Crippen molar-refractivity contribution in [3.8, 4) is 0 Å². The van der Waals surface area contributed by atoms with E-state index in [0.29, 0.717) is 19.4 Å². The van der Waals surface area contributed by atoms with Gasteiger partial charge >= 0.3 is 0 Å². The van der Waals surface area contributed by atoms with E-state index < -0.39 is 0 Å². The smallest absolute Gasteiger partial charge is 0.225 e. The molecular weight excluding hydrogens is 320 g/mol. The molecule has 0 spiro atoms. The molecule has 1 aromatic carbocycles. The molecule has 3 rings (SSSR count). The molecule has 0 radical (unpaired) electrons. The maximum atomic E-state index is 12.8. The van der Waals surface area contributed by atoms with Crippen LogP contribution in [0.4, 0.5) is 0 Å². The Morgan fingerprint density at radius 3 is 2.79 bits per heavy atom. The van der Waals surface area contributed by atoms with Gasteiger partial charge in [0.1, 0.15) is 0 Å². The predicted molar refractivity (Wildman–Crippen MR) is 95.6 cm³/mol. The van der Waals surface area contributed by atoms with E-state index >= 15 is 0 Å². The van der Waals surface area contributed by atoms with Crippen LogP contribution in [0.15, 0.2) is 41.8 Å². The molecular formula is C19H22N2O2S. The van der Waals surface area contributed by atoms with Gasteiger partial charge in [-0.25, -0.2) is 0 Å². The van der Waals surface area contributed by atoms with Crippen molar-refractivity contribution in [1.82, 2.24) is 10.2 Å². The molecule has 126 valence electrons. The highest BCUT2D eigenvalue weighted by atomic mass is 32.1. The summed E-state index contributed by atoms with van der Waals surface area (Å²) in [5.74, 6) is -0.0669. The first-order chi connectivity index (χ1) is 11.6. The van der Waals surface area contributed by atoms with Gasteiger partial charge in [-0.05, 0) is 35.9 Å². The molecule has 1 aliphatic rings. The number of hydrogen-bond acceptors (Lipinski definition) is 3. The molecule has 0 unspecified atom stereocenters. The number of nitrogens with zero attached hydrogens (tertiary/aromatic N) is 1. The number of rotatable bonds is 4. The van der Waals surface area contributed by atoms with Crippen molar-refractivity contribution < 1.29 is 9.59 Å². The number of nitrogens with one attached hydrogen (secondary N) is 1. The number of thiophene rings is 1. The van der Waals surface area contributed by atoms with Crippen LogP contribution in [-0.4, -0.2) is 23.8 Å². The third kappa shape index (κ3) is 3.36. The summed E-state index contributed by atoms with van der Waals surface area (Å²) in [5, 5.41) is 5.06. The summed E-state index contributed by atoms with van der Waals surface area (Å²) in [4.78, 5) is 27.7. The summed E-state index contributed by atoms with van der Waals surface area (Å²) in [5.41, 5.74) is 2.29. The van der Waals surface area contributed by atoms with Crippen molar-refractivity contribution in [1.29, 1.82) is 0 Å². The molecule has 4 nitrogen and oxygen atoms in total. The standard InChI is InChI=1S/C19H22N2O2S/c1-13-6-3-4-7-14(13)12-20-19(23)15-9-10-17(22)21(2)18(15)16-8-5-11-24-16/h3-8,11,15,18H,9-10,12H2,1-2H3,(H,20,23)/t15-,18-/m1/s1. The van der Waals surface area contributed by atoms with Crippen molar-refractivity contribution in [2.45, 2.75) is 32.4 Å². The van der Waals surface area contributed by atoms with Crippen molar-refractivity contribution >= 4 is 23.2 Å². The largest absolute Gasteiger partial charge is 0.352 e. The Kier molecular flexibility index (Phi) is 5.00. The van der Waals surface area contributed by atoms with E-state index in [1.807, 2.05) is 48.7 Å². The molecule has 1 N–H and O–H groups in total. The average Bonchev–Trinajstić information content (AvgIpc) is 3.10. The molecule has 2 atom stereocenters. The van der Waals surface area contributed by atoms with Crippen LogP contribution in [0.3, 0.4) is 0 Å². The van der Waals surface area contributed by atoms with E-state index in [0.717, 1.165) is 10.4 Å². The quantitative estimate of drug-likeness (QED) is 0.927. The van der Waals surface area contributed by atoms with Gasteiger partial charge in [0.15, 0.2) is 0 Å². The highest BCUT2D eigenvalue weighted by molar-refractivity contribution is 7.10. The lowest BCUT2D eigenvalue weighted by molar-refractivity contribution is -0.141. The number of carbonyl (C=O) groups is 2. The van der Waals surface area contributed by atoms with Crippen LogP contribution in [-0.2, 0) is 16.1 Å². The lowest BCUT2D eigenvalue weighted by Gasteiger charge is -2.37. The van der Waals surface area contributed by atoms with Gasteiger partial charge in [-0.15, -0.1) is 11.3 Å². The first-order valence-corrected chi connectivity index (χ1v) is 9.07. The lowest BCUT2D eigenvalue weighted by Crippen LogP contribution is -2.46. The van der Waals surface area contributed by atoms with E-state index in [9.17, 15) is 9.59 Å². The van der Waals surface area contributed by atoms with Crippen LogP contribution in [0.5, 0.6) is 0 Å². The van der Waals surface area contributed by atoms with Crippen LogP contribution < -0.4 is 5.32 Å². The van der Waals surface area contributed by atoms with Crippen molar-refractivity contribution in [2.24, 2.45) is 5.92 Å². The molecule has 0 aliphatic carbocycles. The molecule has 1 saturated heterocycles. The maximum Gasteiger partial charge on any atom is 0.225 e. The Hall–Kier alpha value is -2.14. The number of piperidine rings is 1. The molecule has 0 saturated carbocycles. The first-order valence-electron chi connectivity index (χ1n) is 8.19. The molecule has 2 amide bonds. The second kappa shape index (κ2) is 7.18. The van der Waals surface area contributed by atoms with Gasteiger partial charge < -0.3 is 10.2 Å². The Morgan fingerprint density at radius 1 is 1.29 bits per heavy atom. The Balaban J connectivity index is 1.74. The summed E-state index contributed by atoms with van der Waals surface area (Å²) >= 11 is 1.60. The molecule has 2 aromatic rings. The van der Waals surface area contributed by atoms with Crippen molar-refractivity contribution in [3.05, 3.63) is 57.8 Å². The molecule has 0 bridgehead atoms. The van der Waals surface area contributed by atoms with Gasteiger partial charge in [-0.3, -0.25) is 9.59 Å². The van der Waals surface area contributed by atoms with E-state index in [-0.39, 0.29) is 23.8 Å². The maximum absolute atomic E-state index is 12.8. The fourth-order valence-corrected chi connectivity index (χ4v) is 4.22. The fraction of sp³-hybridized carbons (Fsp3) is 0.368. The molecule has 1 aliphatic heterocycles. The van der Waals surface area contributed by atoms with Gasteiger partial charge in [0, 0.05) is 24.9 Å². The SMILES string of the molecule is Cc1ccccc1CNC(=O)[C@@H]1CCC(=O)N(C)[C@H]1c1cccs1. The zero-order chi connectivity index (χ0) is 17.1. The topological polar surface area (TPSA) is 49.4 Å².